The van der Waals surface area contributed by atoms with E-state index in [0.717, 1.165) is 36.2 Å². The molecule has 0 aliphatic heterocycles. The predicted octanol–water partition coefficient (Wildman–Crippen LogP) is 8.33. The molecule has 0 radical (unpaired) electrons. The molecular formula is C34H33ClF3NO5. The highest BCUT2D eigenvalue weighted by Crippen LogP contribution is 2.32. The van der Waals surface area contributed by atoms with Crippen LogP contribution in [0.4, 0.5) is 13.2 Å². The van der Waals surface area contributed by atoms with E-state index in [2.05, 4.69) is 5.32 Å². The Morgan fingerprint density at radius 1 is 0.795 bits per heavy atom. The van der Waals surface area contributed by atoms with Crippen LogP contribution in [0.1, 0.15) is 23.7 Å². The SMILES string of the molecule is CNCCC(Oc1ccc(C(F)(F)F)cc1)c1ccccc1.COc1cccc(-c2cc(=O)c3ccc(OC)cc3o2)c1.Cl. The molecule has 5 rings (SSSR count). The lowest BCUT2D eigenvalue weighted by atomic mass is 10.1. The van der Waals surface area contributed by atoms with Gasteiger partial charge in [0, 0.05) is 24.1 Å². The summed E-state index contributed by atoms with van der Waals surface area (Å²) in [6.45, 7) is 0.750. The normalized spacial score (nSPS) is 11.5. The molecule has 1 atom stereocenters. The van der Waals surface area contributed by atoms with Gasteiger partial charge < -0.3 is 23.9 Å². The van der Waals surface area contributed by atoms with Crippen molar-refractivity contribution >= 4 is 23.4 Å². The number of rotatable bonds is 9. The summed E-state index contributed by atoms with van der Waals surface area (Å²) in [7, 11) is 5.02. The third-order valence-electron chi connectivity index (χ3n) is 6.58. The molecule has 1 unspecified atom stereocenters. The summed E-state index contributed by atoms with van der Waals surface area (Å²) in [5.41, 5.74) is 1.52. The summed E-state index contributed by atoms with van der Waals surface area (Å²) in [5.74, 6) is 2.28. The molecule has 0 saturated heterocycles. The first-order chi connectivity index (χ1) is 20.7. The van der Waals surface area contributed by atoms with Crippen LogP contribution in [0, 0.1) is 0 Å². The Kier molecular flexibility index (Phi) is 12.3. The number of alkyl halides is 3. The average Bonchev–Trinajstić information content (AvgIpc) is 3.03. The summed E-state index contributed by atoms with van der Waals surface area (Å²) in [6, 6.07) is 28.5. The van der Waals surface area contributed by atoms with Crippen molar-refractivity contribution in [2.24, 2.45) is 0 Å². The molecule has 0 bridgehead atoms. The summed E-state index contributed by atoms with van der Waals surface area (Å²) in [4.78, 5) is 12.2. The highest BCUT2D eigenvalue weighted by molar-refractivity contribution is 5.85. The monoisotopic (exact) mass is 627 g/mol. The van der Waals surface area contributed by atoms with Crippen molar-refractivity contribution in [2.75, 3.05) is 27.8 Å². The highest BCUT2D eigenvalue weighted by atomic mass is 35.5. The zero-order valence-corrected chi connectivity index (χ0v) is 25.2. The Labute approximate surface area is 259 Å². The second-order valence-electron chi connectivity index (χ2n) is 9.50. The average molecular weight is 628 g/mol. The van der Waals surface area contributed by atoms with E-state index in [9.17, 15) is 18.0 Å². The minimum Gasteiger partial charge on any atom is -0.497 e. The van der Waals surface area contributed by atoms with Gasteiger partial charge in [0.1, 0.15) is 34.7 Å². The standard InChI is InChI=1S/C17H18F3NO.C17H14O4.ClH/c1-21-12-11-16(13-5-3-2-4-6-13)22-15-9-7-14(8-10-15)17(18,19)20;1-19-12-5-3-4-11(8-12)16-10-15(18)14-7-6-13(20-2)9-17(14)21-16;/h2-10,16,21H,11-12H2,1H3;3-10H,1-2H3;1H. The number of methoxy groups -OCH3 is 2. The molecular weight excluding hydrogens is 595 g/mol. The van der Waals surface area contributed by atoms with Crippen molar-refractivity contribution in [1.82, 2.24) is 5.32 Å². The summed E-state index contributed by atoms with van der Waals surface area (Å²) >= 11 is 0. The first-order valence-corrected chi connectivity index (χ1v) is 13.5. The molecule has 5 aromatic rings. The van der Waals surface area contributed by atoms with Crippen molar-refractivity contribution in [2.45, 2.75) is 18.7 Å². The fourth-order valence-electron chi connectivity index (χ4n) is 4.30. The number of ether oxygens (including phenoxy) is 3. The lowest BCUT2D eigenvalue weighted by molar-refractivity contribution is -0.137. The number of hydrogen-bond acceptors (Lipinski definition) is 6. The van der Waals surface area contributed by atoms with E-state index in [1.807, 2.05) is 61.6 Å². The van der Waals surface area contributed by atoms with Crippen LogP contribution in [0.3, 0.4) is 0 Å². The largest absolute Gasteiger partial charge is 0.497 e. The molecule has 0 fully saturated rings. The number of nitrogens with one attached hydrogen (secondary N) is 1. The second kappa shape index (κ2) is 15.8. The van der Waals surface area contributed by atoms with E-state index in [1.54, 1.807) is 32.4 Å². The van der Waals surface area contributed by atoms with E-state index in [4.69, 9.17) is 18.6 Å². The van der Waals surface area contributed by atoms with Gasteiger partial charge >= 0.3 is 6.18 Å². The van der Waals surface area contributed by atoms with E-state index < -0.39 is 11.7 Å². The zero-order chi connectivity index (χ0) is 30.8. The van der Waals surface area contributed by atoms with Gasteiger partial charge in [-0.05, 0) is 67.7 Å². The van der Waals surface area contributed by atoms with Gasteiger partial charge in [-0.25, -0.2) is 0 Å². The molecule has 4 aromatic carbocycles. The van der Waals surface area contributed by atoms with Gasteiger partial charge in [0.2, 0.25) is 0 Å². The number of fused-ring (bicyclic) bond motifs is 1. The smallest absolute Gasteiger partial charge is 0.416 e. The fraction of sp³-hybridized carbons (Fsp3) is 0.206. The third kappa shape index (κ3) is 9.02. The van der Waals surface area contributed by atoms with E-state index in [-0.39, 0.29) is 23.9 Å². The Balaban J connectivity index is 0.000000235. The molecule has 1 aromatic heterocycles. The van der Waals surface area contributed by atoms with Crippen LogP contribution >= 0.6 is 12.4 Å². The van der Waals surface area contributed by atoms with Crippen molar-refractivity contribution in [3.05, 3.63) is 124 Å². The second-order valence-corrected chi connectivity index (χ2v) is 9.50. The van der Waals surface area contributed by atoms with Crippen molar-refractivity contribution in [1.29, 1.82) is 0 Å². The molecule has 0 aliphatic rings. The first-order valence-electron chi connectivity index (χ1n) is 13.5. The summed E-state index contributed by atoms with van der Waals surface area (Å²) < 4.78 is 59.7. The Hall–Kier alpha value is -4.47. The zero-order valence-electron chi connectivity index (χ0n) is 24.4. The molecule has 0 saturated carbocycles. The fourth-order valence-corrected chi connectivity index (χ4v) is 4.30. The molecule has 1 N–H and O–H groups in total. The van der Waals surface area contributed by atoms with Gasteiger partial charge in [-0.15, -0.1) is 12.4 Å². The van der Waals surface area contributed by atoms with Gasteiger partial charge in [0.25, 0.3) is 0 Å². The third-order valence-corrected chi connectivity index (χ3v) is 6.58. The molecule has 6 nitrogen and oxygen atoms in total. The lowest BCUT2D eigenvalue weighted by Crippen LogP contribution is -2.16. The maximum atomic E-state index is 12.6. The topological polar surface area (TPSA) is 69.9 Å². The van der Waals surface area contributed by atoms with Gasteiger partial charge in [0.05, 0.1) is 25.2 Å². The van der Waals surface area contributed by atoms with Gasteiger partial charge in [0.15, 0.2) is 5.43 Å². The van der Waals surface area contributed by atoms with E-state index in [0.29, 0.717) is 34.0 Å². The van der Waals surface area contributed by atoms with Crippen molar-refractivity contribution in [3.8, 4) is 28.6 Å². The van der Waals surface area contributed by atoms with Crippen LogP contribution in [-0.2, 0) is 6.18 Å². The van der Waals surface area contributed by atoms with Crippen LogP contribution in [-0.4, -0.2) is 27.8 Å². The number of hydrogen-bond donors (Lipinski definition) is 1. The van der Waals surface area contributed by atoms with Crippen LogP contribution < -0.4 is 25.0 Å². The number of halogens is 4. The molecule has 44 heavy (non-hydrogen) atoms. The van der Waals surface area contributed by atoms with E-state index in [1.165, 1.54) is 18.2 Å². The molecule has 232 valence electrons. The molecule has 0 aliphatic carbocycles. The number of benzene rings is 4. The highest BCUT2D eigenvalue weighted by Gasteiger charge is 2.30. The van der Waals surface area contributed by atoms with Gasteiger partial charge in [-0.1, -0.05) is 42.5 Å². The predicted molar refractivity (Wildman–Crippen MR) is 168 cm³/mol. The maximum Gasteiger partial charge on any atom is 0.416 e. The molecule has 10 heteroatoms. The van der Waals surface area contributed by atoms with Crippen molar-refractivity contribution < 1.29 is 31.8 Å². The van der Waals surface area contributed by atoms with Crippen LogP contribution in [0.5, 0.6) is 17.2 Å². The van der Waals surface area contributed by atoms with Crippen molar-refractivity contribution in [3.63, 3.8) is 0 Å². The first kappa shape index (κ1) is 34.0. The lowest BCUT2D eigenvalue weighted by Gasteiger charge is -2.20. The van der Waals surface area contributed by atoms with Gasteiger partial charge in [-0.2, -0.15) is 13.2 Å². The van der Waals surface area contributed by atoms with Gasteiger partial charge in [-0.3, -0.25) is 4.79 Å². The Morgan fingerprint density at radius 3 is 2.09 bits per heavy atom. The van der Waals surface area contributed by atoms with E-state index >= 15 is 0 Å². The van der Waals surface area contributed by atoms with Crippen LogP contribution in [0.15, 0.2) is 112 Å². The molecule has 0 spiro atoms. The van der Waals surface area contributed by atoms with Crippen LogP contribution in [0.25, 0.3) is 22.3 Å². The molecule has 0 amide bonds. The quantitative estimate of drug-likeness (QED) is 0.177. The summed E-state index contributed by atoms with van der Waals surface area (Å²) in [5, 5.41) is 3.58. The van der Waals surface area contributed by atoms with Crippen LogP contribution in [0.2, 0.25) is 0 Å². The minimum absolute atomic E-state index is 0. The minimum atomic E-state index is -4.33. The Morgan fingerprint density at radius 2 is 1.45 bits per heavy atom. The molecule has 1 heterocycles. The Bertz CT molecular complexity index is 1680. The maximum absolute atomic E-state index is 12.6. The summed E-state index contributed by atoms with van der Waals surface area (Å²) in [6.07, 6.45) is -3.81.